The van der Waals surface area contributed by atoms with Gasteiger partial charge in [0.1, 0.15) is 0 Å². The molecule has 0 aliphatic heterocycles. The van der Waals surface area contributed by atoms with Crippen molar-refractivity contribution in [3.05, 3.63) is 12.7 Å². The van der Waals surface area contributed by atoms with Gasteiger partial charge in [-0.3, -0.25) is 4.79 Å². The van der Waals surface area contributed by atoms with E-state index in [4.69, 9.17) is 9.84 Å². The number of carboxylic acid groups (broad SMARTS) is 1. The van der Waals surface area contributed by atoms with Crippen LogP contribution in [0.3, 0.4) is 0 Å². The number of carboxylic acids is 1. The minimum Gasteiger partial charge on any atom is -0.481 e. The van der Waals surface area contributed by atoms with E-state index in [-0.39, 0.29) is 6.10 Å². The number of methoxy groups -OCH3 is 1. The van der Waals surface area contributed by atoms with E-state index in [1.54, 1.807) is 13.2 Å². The zero-order valence-electron chi connectivity index (χ0n) is 7.95. The summed E-state index contributed by atoms with van der Waals surface area (Å²) in [5.74, 6) is -0.753. The Morgan fingerprint density at radius 1 is 1.62 bits per heavy atom. The van der Waals surface area contributed by atoms with E-state index in [1.807, 2.05) is 0 Å². The van der Waals surface area contributed by atoms with E-state index < -0.39 is 11.4 Å². The monoisotopic (exact) mass is 184 g/mol. The van der Waals surface area contributed by atoms with E-state index in [0.717, 1.165) is 12.8 Å². The summed E-state index contributed by atoms with van der Waals surface area (Å²) in [6.07, 6.45) is 4.71. The molecular weight excluding hydrogens is 168 g/mol. The van der Waals surface area contributed by atoms with Crippen molar-refractivity contribution in [1.82, 2.24) is 0 Å². The molecule has 1 saturated carbocycles. The van der Waals surface area contributed by atoms with Crippen molar-refractivity contribution in [1.29, 1.82) is 0 Å². The molecule has 0 saturated heterocycles. The molecule has 0 aromatic heterocycles. The Balaban J connectivity index is 2.63. The smallest absolute Gasteiger partial charge is 0.313 e. The minimum atomic E-state index is -0.753. The van der Waals surface area contributed by atoms with Gasteiger partial charge in [-0.2, -0.15) is 0 Å². The van der Waals surface area contributed by atoms with Gasteiger partial charge in [0.25, 0.3) is 0 Å². The summed E-state index contributed by atoms with van der Waals surface area (Å²) in [6, 6.07) is 0. The van der Waals surface area contributed by atoms with Crippen molar-refractivity contribution in [2.75, 3.05) is 7.11 Å². The second-order valence-electron chi connectivity index (χ2n) is 3.60. The van der Waals surface area contributed by atoms with Crippen LogP contribution in [0, 0.1) is 5.41 Å². The molecule has 1 rings (SSSR count). The molecule has 0 radical (unpaired) electrons. The Morgan fingerprint density at radius 3 is 2.46 bits per heavy atom. The molecule has 3 heteroatoms. The van der Waals surface area contributed by atoms with Crippen molar-refractivity contribution >= 4 is 5.97 Å². The summed E-state index contributed by atoms with van der Waals surface area (Å²) in [5.41, 5.74) is -0.699. The quantitative estimate of drug-likeness (QED) is 0.681. The maximum atomic E-state index is 11.0. The number of aliphatic carboxylic acids is 1. The molecule has 1 N–H and O–H groups in total. The van der Waals surface area contributed by atoms with E-state index in [9.17, 15) is 4.79 Å². The molecule has 13 heavy (non-hydrogen) atoms. The molecular formula is C10H16O3. The first kappa shape index (κ1) is 10.3. The third kappa shape index (κ3) is 1.91. The predicted octanol–water partition coefficient (Wildman–Crippen LogP) is 1.83. The van der Waals surface area contributed by atoms with Crippen molar-refractivity contribution in [3.8, 4) is 0 Å². The first-order chi connectivity index (χ1) is 6.14. The van der Waals surface area contributed by atoms with Crippen LogP contribution in [0.5, 0.6) is 0 Å². The Hall–Kier alpha value is -0.830. The van der Waals surface area contributed by atoms with Crippen LogP contribution in [-0.4, -0.2) is 24.3 Å². The lowest BCUT2D eigenvalue weighted by Crippen LogP contribution is -2.35. The topological polar surface area (TPSA) is 46.5 Å². The van der Waals surface area contributed by atoms with Gasteiger partial charge in [-0.15, -0.1) is 6.58 Å². The minimum absolute atomic E-state index is 0.229. The van der Waals surface area contributed by atoms with E-state index in [0.29, 0.717) is 12.8 Å². The Morgan fingerprint density at radius 2 is 2.15 bits per heavy atom. The maximum Gasteiger partial charge on any atom is 0.313 e. The highest BCUT2D eigenvalue weighted by atomic mass is 16.5. The van der Waals surface area contributed by atoms with Crippen molar-refractivity contribution in [3.63, 3.8) is 0 Å². The number of ether oxygens (including phenoxy) is 1. The van der Waals surface area contributed by atoms with Crippen LogP contribution in [0.25, 0.3) is 0 Å². The molecule has 0 atom stereocenters. The number of hydrogen-bond acceptors (Lipinski definition) is 2. The van der Waals surface area contributed by atoms with Crippen LogP contribution in [0.1, 0.15) is 25.7 Å². The van der Waals surface area contributed by atoms with Gasteiger partial charge < -0.3 is 9.84 Å². The first-order valence-electron chi connectivity index (χ1n) is 4.54. The molecule has 1 aliphatic carbocycles. The lowest BCUT2D eigenvalue weighted by Gasteiger charge is -2.33. The second kappa shape index (κ2) is 3.92. The molecule has 0 bridgehead atoms. The van der Waals surface area contributed by atoms with Gasteiger partial charge in [-0.25, -0.2) is 0 Å². The van der Waals surface area contributed by atoms with E-state index >= 15 is 0 Å². The van der Waals surface area contributed by atoms with Gasteiger partial charge in [-0.1, -0.05) is 6.08 Å². The third-order valence-electron chi connectivity index (χ3n) is 2.97. The Bertz CT molecular complexity index is 202. The molecule has 0 amide bonds. The molecule has 74 valence electrons. The van der Waals surface area contributed by atoms with Crippen LogP contribution < -0.4 is 0 Å². The highest BCUT2D eigenvalue weighted by Crippen LogP contribution is 2.38. The Kier molecular flexibility index (Phi) is 3.09. The van der Waals surface area contributed by atoms with Gasteiger partial charge in [0.2, 0.25) is 0 Å². The standard InChI is InChI=1S/C10H16O3/c1-3-10(9(11)12)6-4-8(13-2)5-7-10/h3,8H,1,4-7H2,2H3,(H,11,12). The van der Waals surface area contributed by atoms with Gasteiger partial charge in [0, 0.05) is 7.11 Å². The summed E-state index contributed by atoms with van der Waals surface area (Å²) in [4.78, 5) is 11.0. The molecule has 0 aromatic rings. The summed E-state index contributed by atoms with van der Waals surface area (Å²) < 4.78 is 5.18. The highest BCUT2D eigenvalue weighted by Gasteiger charge is 2.39. The molecule has 0 heterocycles. The van der Waals surface area contributed by atoms with Gasteiger partial charge in [0.15, 0.2) is 0 Å². The van der Waals surface area contributed by atoms with Crippen molar-refractivity contribution in [2.45, 2.75) is 31.8 Å². The fraction of sp³-hybridized carbons (Fsp3) is 0.700. The highest BCUT2D eigenvalue weighted by molar-refractivity contribution is 5.77. The number of carbonyl (C=O) groups is 1. The Labute approximate surface area is 78.4 Å². The van der Waals surface area contributed by atoms with Crippen molar-refractivity contribution in [2.24, 2.45) is 5.41 Å². The van der Waals surface area contributed by atoms with E-state index in [1.165, 1.54) is 0 Å². The van der Waals surface area contributed by atoms with Crippen molar-refractivity contribution < 1.29 is 14.6 Å². The largest absolute Gasteiger partial charge is 0.481 e. The lowest BCUT2D eigenvalue weighted by molar-refractivity contribution is -0.148. The van der Waals surface area contributed by atoms with Crippen LogP contribution in [0.15, 0.2) is 12.7 Å². The van der Waals surface area contributed by atoms with Gasteiger partial charge in [0.05, 0.1) is 11.5 Å². The van der Waals surface area contributed by atoms with Crippen LogP contribution in [0.2, 0.25) is 0 Å². The average Bonchev–Trinajstić information content (AvgIpc) is 2.17. The second-order valence-corrected chi connectivity index (χ2v) is 3.60. The maximum absolute atomic E-state index is 11.0. The zero-order chi connectivity index (χ0) is 9.90. The van der Waals surface area contributed by atoms with E-state index in [2.05, 4.69) is 6.58 Å². The molecule has 0 unspecified atom stereocenters. The summed E-state index contributed by atoms with van der Waals surface area (Å²) in [7, 11) is 1.67. The molecule has 0 aromatic carbocycles. The summed E-state index contributed by atoms with van der Waals surface area (Å²) >= 11 is 0. The summed E-state index contributed by atoms with van der Waals surface area (Å²) in [6.45, 7) is 3.61. The fourth-order valence-electron chi connectivity index (χ4n) is 1.85. The van der Waals surface area contributed by atoms with Gasteiger partial charge in [-0.05, 0) is 25.7 Å². The molecule has 3 nitrogen and oxygen atoms in total. The first-order valence-corrected chi connectivity index (χ1v) is 4.54. The summed E-state index contributed by atoms with van der Waals surface area (Å²) in [5, 5.41) is 9.04. The SMILES string of the molecule is C=CC1(C(=O)O)CCC(OC)CC1. The van der Waals surface area contributed by atoms with Crippen LogP contribution in [-0.2, 0) is 9.53 Å². The average molecular weight is 184 g/mol. The predicted molar refractivity (Wildman–Crippen MR) is 49.5 cm³/mol. The lowest BCUT2D eigenvalue weighted by atomic mass is 9.73. The third-order valence-corrected chi connectivity index (χ3v) is 2.97. The molecule has 0 spiro atoms. The molecule has 1 fully saturated rings. The molecule has 1 aliphatic rings. The number of rotatable bonds is 3. The fourth-order valence-corrected chi connectivity index (χ4v) is 1.85. The number of hydrogen-bond donors (Lipinski definition) is 1. The zero-order valence-corrected chi connectivity index (χ0v) is 7.95. The van der Waals surface area contributed by atoms with Gasteiger partial charge >= 0.3 is 5.97 Å². The van der Waals surface area contributed by atoms with Crippen LogP contribution >= 0.6 is 0 Å². The van der Waals surface area contributed by atoms with Crippen LogP contribution in [0.4, 0.5) is 0 Å². The normalized spacial score (nSPS) is 34.1.